The Morgan fingerprint density at radius 1 is 0.875 bits per heavy atom. The minimum absolute atomic E-state index is 0.103. The largest absolute Gasteiger partial charge is 0.462 e. The second-order valence-electron chi connectivity index (χ2n) is 8.45. The van der Waals surface area contributed by atoms with E-state index in [2.05, 4.69) is 123 Å². The average molecular weight is 548 g/mol. The third-order valence-electron chi connectivity index (χ3n) is 6.45. The van der Waals surface area contributed by atoms with Crippen LogP contribution in [-0.2, 0) is 5.72 Å². The van der Waals surface area contributed by atoms with E-state index in [1.165, 1.54) is 10.8 Å². The van der Waals surface area contributed by atoms with Crippen LogP contribution in [0.4, 0.5) is 0 Å². The van der Waals surface area contributed by atoms with Crippen LogP contribution in [0, 0.1) is 0 Å². The number of hydrogen-bond donors (Lipinski definition) is 0. The molecule has 158 valence electrons. The smallest absolute Gasteiger partial charge is 0.221 e. The van der Waals surface area contributed by atoms with Crippen molar-refractivity contribution in [1.82, 2.24) is 5.01 Å². The molecule has 0 aromatic heterocycles. The van der Waals surface area contributed by atoms with Crippen LogP contribution in [0.3, 0.4) is 0 Å². The summed E-state index contributed by atoms with van der Waals surface area (Å²) in [6.07, 6.45) is 0.831. The Hall–Kier alpha value is -2.63. The maximum absolute atomic E-state index is 6.65. The molecule has 4 aromatic rings. The molecule has 0 aliphatic carbocycles. The van der Waals surface area contributed by atoms with Gasteiger partial charge >= 0.3 is 0 Å². The van der Waals surface area contributed by atoms with Crippen molar-refractivity contribution in [3.05, 3.63) is 111 Å². The van der Waals surface area contributed by atoms with Crippen LogP contribution >= 0.6 is 31.9 Å². The molecular formula is C27H20Br2N2O. The number of rotatable bonds is 2. The van der Waals surface area contributed by atoms with Gasteiger partial charge in [0, 0.05) is 33.4 Å². The molecule has 32 heavy (non-hydrogen) atoms. The number of halogens is 2. The van der Waals surface area contributed by atoms with E-state index >= 15 is 0 Å². The van der Waals surface area contributed by atoms with E-state index in [0.717, 1.165) is 43.5 Å². The monoisotopic (exact) mass is 546 g/mol. The van der Waals surface area contributed by atoms with E-state index in [-0.39, 0.29) is 6.04 Å². The normalized spacial score (nSPS) is 21.7. The van der Waals surface area contributed by atoms with Gasteiger partial charge in [-0.05, 0) is 52.7 Å². The third-order valence-corrected chi connectivity index (χ3v) is 7.47. The van der Waals surface area contributed by atoms with E-state index < -0.39 is 5.72 Å². The Kier molecular flexibility index (Phi) is 4.67. The minimum atomic E-state index is -0.704. The summed E-state index contributed by atoms with van der Waals surface area (Å²) in [5, 5.41) is 9.78. The number of nitrogens with zero attached hydrogens (tertiary/aromatic N) is 2. The molecule has 0 fully saturated rings. The van der Waals surface area contributed by atoms with Crippen LogP contribution in [-0.4, -0.2) is 10.7 Å². The summed E-state index contributed by atoms with van der Waals surface area (Å²) in [5.41, 5.74) is 3.77. The highest BCUT2D eigenvalue weighted by molar-refractivity contribution is 9.10. The van der Waals surface area contributed by atoms with Crippen LogP contribution in [0.5, 0.6) is 5.75 Å². The van der Waals surface area contributed by atoms with Crippen molar-refractivity contribution in [2.24, 2.45) is 5.10 Å². The molecule has 0 spiro atoms. The number of hydrogen-bond acceptors (Lipinski definition) is 3. The van der Waals surface area contributed by atoms with Crippen molar-refractivity contribution >= 4 is 48.3 Å². The second-order valence-corrected chi connectivity index (χ2v) is 10.3. The van der Waals surface area contributed by atoms with Crippen LogP contribution in [0.25, 0.3) is 10.8 Å². The molecule has 0 unspecified atom stereocenters. The first-order chi connectivity index (χ1) is 15.5. The first-order valence-electron chi connectivity index (χ1n) is 10.6. The first-order valence-corrected chi connectivity index (χ1v) is 12.2. The molecule has 2 aliphatic heterocycles. The van der Waals surface area contributed by atoms with Gasteiger partial charge in [-0.1, -0.05) is 80.4 Å². The summed E-state index contributed by atoms with van der Waals surface area (Å²) < 4.78 is 8.74. The number of fused-ring (bicyclic) bond motifs is 4. The fourth-order valence-electron chi connectivity index (χ4n) is 4.77. The van der Waals surface area contributed by atoms with Crippen LogP contribution in [0.1, 0.15) is 36.1 Å². The fraction of sp³-hybridized carbons (Fsp3) is 0.148. The minimum Gasteiger partial charge on any atom is -0.462 e. The number of benzene rings is 4. The standard InChI is InChI=1S/C27H20Br2N2O/c1-27(20-8-10-21(28)11-9-20)31-25(23-15-22(29)12-13-26(23)32-27)16-24(30-31)19-7-6-17-4-2-3-5-18(17)14-19/h2-15,25H,16H2,1H3/t25-,27-/m1/s1. The summed E-state index contributed by atoms with van der Waals surface area (Å²) in [6, 6.07) is 29.7. The van der Waals surface area contributed by atoms with Crippen LogP contribution < -0.4 is 4.74 Å². The Labute approximate surface area is 204 Å². The van der Waals surface area contributed by atoms with Gasteiger partial charge in [-0.3, -0.25) is 0 Å². The van der Waals surface area contributed by atoms with Crippen molar-refractivity contribution in [2.45, 2.75) is 25.1 Å². The lowest BCUT2D eigenvalue weighted by Gasteiger charge is -2.46. The molecular weight excluding hydrogens is 528 g/mol. The van der Waals surface area contributed by atoms with E-state index in [1.807, 2.05) is 6.07 Å². The zero-order valence-electron chi connectivity index (χ0n) is 17.4. The fourth-order valence-corrected chi connectivity index (χ4v) is 5.42. The maximum atomic E-state index is 6.65. The predicted octanol–water partition coefficient (Wildman–Crippen LogP) is 7.78. The van der Waals surface area contributed by atoms with Crippen molar-refractivity contribution in [3.8, 4) is 5.75 Å². The summed E-state index contributed by atoms with van der Waals surface area (Å²) >= 11 is 7.19. The van der Waals surface area contributed by atoms with Gasteiger partial charge in [0.2, 0.25) is 5.72 Å². The molecule has 3 nitrogen and oxygen atoms in total. The summed E-state index contributed by atoms with van der Waals surface area (Å²) in [5.74, 6) is 0.912. The lowest BCUT2D eigenvalue weighted by atomic mass is 9.92. The van der Waals surface area contributed by atoms with Crippen molar-refractivity contribution < 1.29 is 4.74 Å². The van der Waals surface area contributed by atoms with E-state index in [9.17, 15) is 0 Å². The highest BCUT2D eigenvalue weighted by atomic mass is 79.9. The quantitative estimate of drug-likeness (QED) is 0.256. The maximum Gasteiger partial charge on any atom is 0.221 e. The van der Waals surface area contributed by atoms with Gasteiger partial charge in [-0.2, -0.15) is 5.10 Å². The van der Waals surface area contributed by atoms with Gasteiger partial charge in [-0.15, -0.1) is 0 Å². The van der Waals surface area contributed by atoms with Crippen molar-refractivity contribution in [3.63, 3.8) is 0 Å². The van der Waals surface area contributed by atoms with Gasteiger partial charge in [0.15, 0.2) is 0 Å². The average Bonchev–Trinajstić information content (AvgIpc) is 3.27. The molecule has 0 saturated heterocycles. The predicted molar refractivity (Wildman–Crippen MR) is 136 cm³/mol. The summed E-state index contributed by atoms with van der Waals surface area (Å²) in [4.78, 5) is 0. The van der Waals surface area contributed by atoms with Crippen LogP contribution in [0.15, 0.2) is 99.0 Å². The van der Waals surface area contributed by atoms with E-state index in [0.29, 0.717) is 0 Å². The Balaban J connectivity index is 1.49. The zero-order chi connectivity index (χ0) is 21.9. The molecule has 6 rings (SSSR count). The Morgan fingerprint density at radius 2 is 1.62 bits per heavy atom. The molecule has 0 amide bonds. The first kappa shape index (κ1) is 20.0. The van der Waals surface area contributed by atoms with Gasteiger partial charge in [0.05, 0.1) is 11.8 Å². The molecule has 2 aliphatic rings. The third kappa shape index (κ3) is 3.18. The van der Waals surface area contributed by atoms with Gasteiger partial charge < -0.3 is 4.74 Å². The van der Waals surface area contributed by atoms with E-state index in [4.69, 9.17) is 9.84 Å². The molecule has 2 heterocycles. The SMILES string of the molecule is C[C@]1(c2ccc(Br)cc2)Oc2ccc(Br)cc2[C@H]2CC(c3ccc4ccccc4c3)=NN21. The second kappa shape index (κ2) is 7.46. The van der Waals surface area contributed by atoms with Crippen LogP contribution in [0.2, 0.25) is 0 Å². The molecule has 0 saturated carbocycles. The molecule has 2 atom stereocenters. The molecule has 4 aromatic carbocycles. The summed E-state index contributed by atoms with van der Waals surface area (Å²) in [6.45, 7) is 2.11. The van der Waals surface area contributed by atoms with Gasteiger partial charge in [0.25, 0.3) is 0 Å². The highest BCUT2D eigenvalue weighted by Crippen LogP contribution is 2.51. The van der Waals surface area contributed by atoms with Crippen molar-refractivity contribution in [2.75, 3.05) is 0 Å². The molecule has 5 heteroatoms. The molecule has 0 radical (unpaired) electrons. The Morgan fingerprint density at radius 3 is 2.44 bits per heavy atom. The highest BCUT2D eigenvalue weighted by Gasteiger charge is 2.48. The lowest BCUT2D eigenvalue weighted by molar-refractivity contribution is -0.112. The number of ether oxygens (including phenoxy) is 1. The topological polar surface area (TPSA) is 24.8 Å². The Bertz CT molecular complexity index is 1380. The number of hydrazone groups is 1. The van der Waals surface area contributed by atoms with Gasteiger partial charge in [-0.25, -0.2) is 5.01 Å². The van der Waals surface area contributed by atoms with E-state index in [1.54, 1.807) is 0 Å². The summed E-state index contributed by atoms with van der Waals surface area (Å²) in [7, 11) is 0. The molecule has 0 bridgehead atoms. The lowest BCUT2D eigenvalue weighted by Crippen LogP contribution is -2.48. The molecule has 0 N–H and O–H groups in total. The zero-order valence-corrected chi connectivity index (χ0v) is 20.6. The van der Waals surface area contributed by atoms with Gasteiger partial charge in [0.1, 0.15) is 5.75 Å². The van der Waals surface area contributed by atoms with Crippen molar-refractivity contribution in [1.29, 1.82) is 0 Å².